The Balaban J connectivity index is 2.01. The first kappa shape index (κ1) is 19.9. The minimum absolute atomic E-state index is 0.0653. The number of ether oxygens (including phenoxy) is 1. The van der Waals surface area contributed by atoms with E-state index in [1.165, 1.54) is 31.2 Å². The lowest BCUT2D eigenvalue weighted by Crippen LogP contribution is -2.47. The van der Waals surface area contributed by atoms with Crippen molar-refractivity contribution in [1.82, 2.24) is 5.32 Å². The van der Waals surface area contributed by atoms with E-state index in [0.29, 0.717) is 10.6 Å². The predicted octanol–water partition coefficient (Wildman–Crippen LogP) is 3.28. The standard InChI is InChI=1S/C18H17Cl2NO5/c1-10(26-16-7-4-12(19)9-14(16)20)17(23)21-15(18(24)25)8-11-2-5-13(22)6-3-11/h2-7,9-10,15,22H,8H2,1H3,(H,21,23)(H,24,25)/t10-,15+/m1/s1. The highest BCUT2D eigenvalue weighted by Crippen LogP contribution is 2.28. The van der Waals surface area contributed by atoms with Crippen molar-refractivity contribution in [3.05, 3.63) is 58.1 Å². The molecule has 2 aromatic rings. The molecule has 0 bridgehead atoms. The molecule has 1 amide bonds. The van der Waals surface area contributed by atoms with Crippen LogP contribution in [0.4, 0.5) is 0 Å². The molecule has 3 N–H and O–H groups in total. The molecule has 0 aliphatic rings. The molecule has 2 rings (SSSR count). The van der Waals surface area contributed by atoms with Crippen molar-refractivity contribution in [1.29, 1.82) is 0 Å². The molecule has 2 aromatic carbocycles. The largest absolute Gasteiger partial charge is 0.508 e. The summed E-state index contributed by atoms with van der Waals surface area (Å²) >= 11 is 11.8. The molecule has 0 aliphatic heterocycles. The van der Waals surface area contributed by atoms with Crippen molar-refractivity contribution in [2.75, 3.05) is 0 Å². The molecule has 138 valence electrons. The van der Waals surface area contributed by atoms with Crippen LogP contribution in [0, 0.1) is 0 Å². The molecule has 0 fully saturated rings. The molecule has 0 radical (unpaired) electrons. The second kappa shape index (κ2) is 8.78. The highest BCUT2D eigenvalue weighted by molar-refractivity contribution is 6.35. The number of phenolic OH excluding ortho intramolecular Hbond substituents is 1. The maximum Gasteiger partial charge on any atom is 0.326 e. The Morgan fingerprint density at radius 2 is 1.81 bits per heavy atom. The van der Waals surface area contributed by atoms with E-state index >= 15 is 0 Å². The van der Waals surface area contributed by atoms with Gasteiger partial charge in [-0.15, -0.1) is 0 Å². The van der Waals surface area contributed by atoms with Gasteiger partial charge in [-0.05, 0) is 42.8 Å². The van der Waals surface area contributed by atoms with Crippen molar-refractivity contribution in [2.24, 2.45) is 0 Å². The lowest BCUT2D eigenvalue weighted by Gasteiger charge is -2.19. The number of nitrogens with one attached hydrogen (secondary N) is 1. The highest BCUT2D eigenvalue weighted by atomic mass is 35.5. The smallest absolute Gasteiger partial charge is 0.326 e. The number of amides is 1. The average molecular weight is 398 g/mol. The van der Waals surface area contributed by atoms with Crippen LogP contribution in [0.25, 0.3) is 0 Å². The Labute approximate surface area is 160 Å². The van der Waals surface area contributed by atoms with Crippen molar-refractivity contribution >= 4 is 35.1 Å². The topological polar surface area (TPSA) is 95.9 Å². The Hall–Kier alpha value is -2.44. The summed E-state index contributed by atoms with van der Waals surface area (Å²) in [4.78, 5) is 23.7. The second-order valence-electron chi connectivity index (χ2n) is 5.60. The molecule has 0 saturated heterocycles. The summed E-state index contributed by atoms with van der Waals surface area (Å²) in [5.74, 6) is -1.43. The fourth-order valence-electron chi connectivity index (χ4n) is 2.17. The first-order valence-electron chi connectivity index (χ1n) is 7.69. The number of aromatic hydroxyl groups is 1. The summed E-state index contributed by atoms with van der Waals surface area (Å²) in [6.07, 6.45) is -0.897. The number of rotatable bonds is 7. The SMILES string of the molecule is C[C@@H](Oc1ccc(Cl)cc1Cl)C(=O)N[C@@H](Cc1ccc(O)cc1)C(=O)O. The van der Waals surface area contributed by atoms with Crippen molar-refractivity contribution in [2.45, 2.75) is 25.5 Å². The van der Waals surface area contributed by atoms with Gasteiger partial charge in [-0.2, -0.15) is 0 Å². The van der Waals surface area contributed by atoms with Gasteiger partial charge >= 0.3 is 5.97 Å². The molecule has 0 heterocycles. The quantitative estimate of drug-likeness (QED) is 0.665. The zero-order chi connectivity index (χ0) is 19.3. The van der Waals surface area contributed by atoms with Crippen LogP contribution >= 0.6 is 23.2 Å². The fraction of sp³-hybridized carbons (Fsp3) is 0.222. The van der Waals surface area contributed by atoms with Crippen LogP contribution in [0.2, 0.25) is 10.0 Å². The van der Waals surface area contributed by atoms with Crippen LogP contribution in [-0.4, -0.2) is 34.2 Å². The van der Waals surface area contributed by atoms with Gasteiger partial charge in [-0.3, -0.25) is 4.79 Å². The van der Waals surface area contributed by atoms with Gasteiger partial charge in [0.15, 0.2) is 6.10 Å². The zero-order valence-corrected chi connectivity index (χ0v) is 15.3. The third-order valence-corrected chi connectivity index (χ3v) is 4.09. The van der Waals surface area contributed by atoms with E-state index < -0.39 is 24.0 Å². The number of carbonyl (C=O) groups excluding carboxylic acids is 1. The lowest BCUT2D eigenvalue weighted by molar-refractivity contribution is -0.142. The average Bonchev–Trinajstić information content (AvgIpc) is 2.58. The fourth-order valence-corrected chi connectivity index (χ4v) is 2.62. The molecular formula is C18H17Cl2NO5. The molecule has 0 unspecified atom stereocenters. The van der Waals surface area contributed by atoms with Crippen LogP contribution < -0.4 is 10.1 Å². The summed E-state index contributed by atoms with van der Waals surface area (Å²) in [7, 11) is 0. The van der Waals surface area contributed by atoms with Gasteiger partial charge in [0.25, 0.3) is 5.91 Å². The van der Waals surface area contributed by atoms with Gasteiger partial charge < -0.3 is 20.3 Å². The van der Waals surface area contributed by atoms with Crippen LogP contribution in [0.15, 0.2) is 42.5 Å². The molecule has 0 spiro atoms. The number of phenols is 1. The predicted molar refractivity (Wildman–Crippen MR) is 97.9 cm³/mol. The summed E-state index contributed by atoms with van der Waals surface area (Å²) in [6.45, 7) is 1.49. The third kappa shape index (κ3) is 5.54. The number of carboxylic acids is 1. The van der Waals surface area contributed by atoms with Gasteiger partial charge in [0, 0.05) is 11.4 Å². The summed E-state index contributed by atoms with van der Waals surface area (Å²) in [5.41, 5.74) is 0.657. The molecule has 0 aliphatic carbocycles. The molecule has 26 heavy (non-hydrogen) atoms. The van der Waals surface area contributed by atoms with Gasteiger partial charge in [-0.1, -0.05) is 35.3 Å². The van der Waals surface area contributed by atoms with E-state index in [4.69, 9.17) is 27.9 Å². The number of benzene rings is 2. The van der Waals surface area contributed by atoms with E-state index in [0.717, 1.165) is 0 Å². The second-order valence-corrected chi connectivity index (χ2v) is 6.45. The minimum atomic E-state index is -1.18. The van der Waals surface area contributed by atoms with Gasteiger partial charge in [0.2, 0.25) is 0 Å². The summed E-state index contributed by atoms with van der Waals surface area (Å²) in [6, 6.07) is 9.51. The molecule has 6 nitrogen and oxygen atoms in total. The van der Waals surface area contributed by atoms with E-state index in [2.05, 4.69) is 5.32 Å². The van der Waals surface area contributed by atoms with E-state index in [1.807, 2.05) is 0 Å². The zero-order valence-electron chi connectivity index (χ0n) is 13.8. The van der Waals surface area contributed by atoms with Crippen LogP contribution in [0.3, 0.4) is 0 Å². The molecular weight excluding hydrogens is 381 g/mol. The molecule has 0 aromatic heterocycles. The maximum absolute atomic E-state index is 12.3. The van der Waals surface area contributed by atoms with Crippen LogP contribution in [0.1, 0.15) is 12.5 Å². The summed E-state index contributed by atoms with van der Waals surface area (Å²) < 4.78 is 5.48. The van der Waals surface area contributed by atoms with E-state index in [-0.39, 0.29) is 22.9 Å². The molecule has 2 atom stereocenters. The number of aliphatic carboxylic acids is 1. The number of hydrogen-bond acceptors (Lipinski definition) is 4. The van der Waals surface area contributed by atoms with E-state index in [1.54, 1.807) is 18.2 Å². The van der Waals surface area contributed by atoms with E-state index in [9.17, 15) is 19.8 Å². The normalized spacial score (nSPS) is 12.9. The number of carboxylic acid groups (broad SMARTS) is 1. The summed E-state index contributed by atoms with van der Waals surface area (Å²) in [5, 5.41) is 21.7. The number of carbonyl (C=O) groups is 2. The van der Waals surface area contributed by atoms with Gasteiger partial charge in [0.1, 0.15) is 17.5 Å². The van der Waals surface area contributed by atoms with Gasteiger partial charge in [0.05, 0.1) is 5.02 Å². The Kier molecular flexibility index (Phi) is 6.71. The first-order valence-corrected chi connectivity index (χ1v) is 8.44. The number of halogens is 2. The Morgan fingerprint density at radius 1 is 1.15 bits per heavy atom. The van der Waals surface area contributed by atoms with Crippen LogP contribution in [0.5, 0.6) is 11.5 Å². The van der Waals surface area contributed by atoms with Crippen molar-refractivity contribution in [3.8, 4) is 11.5 Å². The Bertz CT molecular complexity index is 795. The van der Waals surface area contributed by atoms with Gasteiger partial charge in [-0.25, -0.2) is 4.79 Å². The minimum Gasteiger partial charge on any atom is -0.508 e. The van der Waals surface area contributed by atoms with Crippen molar-refractivity contribution in [3.63, 3.8) is 0 Å². The lowest BCUT2D eigenvalue weighted by atomic mass is 10.1. The molecule has 8 heteroatoms. The Morgan fingerprint density at radius 3 is 2.38 bits per heavy atom. The first-order chi connectivity index (χ1) is 12.3. The third-order valence-electron chi connectivity index (χ3n) is 3.56. The maximum atomic E-state index is 12.3. The number of hydrogen-bond donors (Lipinski definition) is 3. The monoisotopic (exact) mass is 397 g/mol. The van der Waals surface area contributed by atoms with Crippen LogP contribution in [-0.2, 0) is 16.0 Å². The highest BCUT2D eigenvalue weighted by Gasteiger charge is 2.24. The molecule has 0 saturated carbocycles. The van der Waals surface area contributed by atoms with Crippen molar-refractivity contribution < 1.29 is 24.5 Å².